The summed E-state index contributed by atoms with van der Waals surface area (Å²) < 4.78 is 0. The number of rotatable bonds is 3. The molecule has 3 N–H and O–H groups in total. The molecular formula is C14H22N4O2S. The largest absolute Gasteiger partial charge is 0.396 e. The molecule has 3 heterocycles. The number of nitrogens with zero attached hydrogens (tertiary/aromatic N) is 3. The van der Waals surface area contributed by atoms with Crippen molar-refractivity contribution in [2.75, 3.05) is 43.4 Å². The van der Waals surface area contributed by atoms with Crippen LogP contribution < -0.4 is 10.6 Å². The number of nitrogen functional groups attached to an aromatic ring is 1. The molecule has 116 valence electrons. The number of anilines is 2. The van der Waals surface area contributed by atoms with Gasteiger partial charge in [0.15, 0.2) is 5.13 Å². The molecule has 2 aliphatic rings. The standard InChI is InChI=1S/C14H22N4O2S/c15-12-11(21-14(16-12)18-5-1-2-6-18)13(20)17-7-3-10(9-19)4-8-17/h10,19H,1-9,15H2. The van der Waals surface area contributed by atoms with Crippen molar-refractivity contribution in [1.29, 1.82) is 0 Å². The molecule has 0 bridgehead atoms. The number of carbonyl (C=O) groups is 1. The molecule has 1 aromatic heterocycles. The van der Waals surface area contributed by atoms with E-state index in [0.717, 1.165) is 31.1 Å². The van der Waals surface area contributed by atoms with Gasteiger partial charge in [-0.2, -0.15) is 0 Å². The molecule has 3 rings (SSSR count). The van der Waals surface area contributed by atoms with Crippen molar-refractivity contribution in [3.8, 4) is 0 Å². The van der Waals surface area contributed by atoms with E-state index in [0.29, 0.717) is 29.7 Å². The summed E-state index contributed by atoms with van der Waals surface area (Å²) >= 11 is 1.41. The van der Waals surface area contributed by atoms with Crippen molar-refractivity contribution in [3.05, 3.63) is 4.88 Å². The van der Waals surface area contributed by atoms with E-state index in [1.807, 2.05) is 4.90 Å². The Kier molecular flexibility index (Phi) is 4.30. The number of aliphatic hydroxyl groups excluding tert-OH is 1. The van der Waals surface area contributed by atoms with Crippen LogP contribution in [-0.2, 0) is 0 Å². The van der Waals surface area contributed by atoms with Crippen LogP contribution in [-0.4, -0.2) is 53.7 Å². The van der Waals surface area contributed by atoms with Gasteiger partial charge in [-0.1, -0.05) is 11.3 Å². The predicted molar refractivity (Wildman–Crippen MR) is 83.7 cm³/mol. The molecule has 0 aliphatic carbocycles. The first-order chi connectivity index (χ1) is 10.2. The zero-order valence-corrected chi connectivity index (χ0v) is 12.9. The fraction of sp³-hybridized carbons (Fsp3) is 0.714. The second-order valence-corrected chi connectivity index (χ2v) is 6.80. The van der Waals surface area contributed by atoms with Gasteiger partial charge < -0.3 is 20.6 Å². The van der Waals surface area contributed by atoms with Gasteiger partial charge in [0.25, 0.3) is 5.91 Å². The second-order valence-electron chi connectivity index (χ2n) is 5.82. The fourth-order valence-corrected chi connectivity index (χ4v) is 3.98. The summed E-state index contributed by atoms with van der Waals surface area (Å²) in [7, 11) is 0. The zero-order valence-electron chi connectivity index (χ0n) is 12.1. The molecule has 0 radical (unpaired) electrons. The summed E-state index contributed by atoms with van der Waals surface area (Å²) in [5, 5.41) is 10.0. The van der Waals surface area contributed by atoms with Crippen LogP contribution in [0, 0.1) is 5.92 Å². The van der Waals surface area contributed by atoms with Gasteiger partial charge in [0.2, 0.25) is 0 Å². The molecule has 0 saturated carbocycles. The lowest BCUT2D eigenvalue weighted by molar-refractivity contribution is 0.0656. The number of nitrogens with two attached hydrogens (primary N) is 1. The number of hydrogen-bond acceptors (Lipinski definition) is 6. The van der Waals surface area contributed by atoms with Crippen LogP contribution in [0.1, 0.15) is 35.4 Å². The van der Waals surface area contributed by atoms with Gasteiger partial charge >= 0.3 is 0 Å². The summed E-state index contributed by atoms with van der Waals surface area (Å²) in [5.74, 6) is 0.677. The summed E-state index contributed by atoms with van der Waals surface area (Å²) in [6, 6.07) is 0. The normalized spacial score (nSPS) is 20.2. The van der Waals surface area contributed by atoms with E-state index in [9.17, 15) is 4.79 Å². The second kappa shape index (κ2) is 6.19. The van der Waals surface area contributed by atoms with E-state index in [2.05, 4.69) is 9.88 Å². The first-order valence-electron chi connectivity index (χ1n) is 7.60. The Morgan fingerprint density at radius 3 is 2.57 bits per heavy atom. The van der Waals surface area contributed by atoms with Crippen LogP contribution in [0.3, 0.4) is 0 Å². The number of aromatic nitrogens is 1. The highest BCUT2D eigenvalue weighted by atomic mass is 32.1. The average molecular weight is 310 g/mol. The lowest BCUT2D eigenvalue weighted by Crippen LogP contribution is -2.39. The van der Waals surface area contributed by atoms with Gasteiger partial charge in [-0.15, -0.1) is 0 Å². The molecule has 21 heavy (non-hydrogen) atoms. The number of piperidine rings is 1. The van der Waals surface area contributed by atoms with Crippen molar-refractivity contribution in [2.24, 2.45) is 5.92 Å². The SMILES string of the molecule is Nc1nc(N2CCCC2)sc1C(=O)N1CCC(CO)CC1. The summed E-state index contributed by atoms with van der Waals surface area (Å²) in [4.78, 5) is 21.6. The Hall–Kier alpha value is -1.34. The van der Waals surface area contributed by atoms with Gasteiger partial charge in [-0.05, 0) is 31.6 Å². The number of hydrogen-bond donors (Lipinski definition) is 2. The van der Waals surface area contributed by atoms with E-state index < -0.39 is 0 Å². The van der Waals surface area contributed by atoms with Gasteiger partial charge in [0.1, 0.15) is 10.7 Å². The van der Waals surface area contributed by atoms with Crippen LogP contribution in [0.5, 0.6) is 0 Å². The van der Waals surface area contributed by atoms with Crippen LogP contribution in [0.4, 0.5) is 10.9 Å². The van der Waals surface area contributed by atoms with E-state index in [4.69, 9.17) is 10.8 Å². The average Bonchev–Trinajstić information content (AvgIpc) is 3.16. The molecule has 0 unspecified atom stereocenters. The molecule has 0 atom stereocenters. The lowest BCUT2D eigenvalue weighted by Gasteiger charge is -2.30. The zero-order chi connectivity index (χ0) is 14.8. The number of likely N-dealkylation sites (tertiary alicyclic amines) is 1. The Balaban J connectivity index is 1.70. The minimum absolute atomic E-state index is 0.00756. The van der Waals surface area contributed by atoms with Crippen molar-refractivity contribution in [3.63, 3.8) is 0 Å². The molecule has 0 spiro atoms. The quantitative estimate of drug-likeness (QED) is 0.876. The van der Waals surface area contributed by atoms with Gasteiger partial charge in [-0.3, -0.25) is 4.79 Å². The fourth-order valence-electron chi connectivity index (χ4n) is 2.98. The molecule has 1 aromatic rings. The van der Waals surface area contributed by atoms with Crippen LogP contribution in [0.25, 0.3) is 0 Å². The van der Waals surface area contributed by atoms with E-state index in [1.54, 1.807) is 0 Å². The van der Waals surface area contributed by atoms with Crippen LogP contribution in [0.15, 0.2) is 0 Å². The van der Waals surface area contributed by atoms with E-state index in [1.165, 1.54) is 24.2 Å². The molecule has 1 amide bonds. The Morgan fingerprint density at radius 2 is 1.95 bits per heavy atom. The highest BCUT2D eigenvalue weighted by Crippen LogP contribution is 2.32. The predicted octanol–water partition coefficient (Wildman–Crippen LogP) is 1.17. The minimum atomic E-state index is -0.00756. The molecular weight excluding hydrogens is 288 g/mol. The van der Waals surface area contributed by atoms with E-state index in [-0.39, 0.29) is 12.5 Å². The van der Waals surface area contributed by atoms with Gasteiger partial charge in [0, 0.05) is 32.8 Å². The Morgan fingerprint density at radius 1 is 1.29 bits per heavy atom. The summed E-state index contributed by atoms with van der Waals surface area (Å²) in [5.41, 5.74) is 5.96. The lowest BCUT2D eigenvalue weighted by atomic mass is 9.98. The van der Waals surface area contributed by atoms with E-state index >= 15 is 0 Å². The third-order valence-corrected chi connectivity index (χ3v) is 5.49. The molecule has 0 aromatic carbocycles. The maximum atomic E-state index is 12.6. The monoisotopic (exact) mass is 310 g/mol. The maximum Gasteiger partial charge on any atom is 0.267 e. The smallest absolute Gasteiger partial charge is 0.267 e. The maximum absolute atomic E-state index is 12.6. The molecule has 2 aliphatic heterocycles. The Bertz CT molecular complexity index is 505. The number of carbonyl (C=O) groups excluding carboxylic acids is 1. The van der Waals surface area contributed by atoms with Crippen molar-refractivity contribution in [2.45, 2.75) is 25.7 Å². The number of aliphatic hydroxyl groups is 1. The summed E-state index contributed by atoms with van der Waals surface area (Å²) in [6.07, 6.45) is 4.08. The van der Waals surface area contributed by atoms with Crippen LogP contribution >= 0.6 is 11.3 Å². The highest BCUT2D eigenvalue weighted by Gasteiger charge is 2.27. The third kappa shape index (κ3) is 2.98. The number of thiazole rings is 1. The first kappa shape index (κ1) is 14.6. The van der Waals surface area contributed by atoms with Crippen LogP contribution in [0.2, 0.25) is 0 Å². The topological polar surface area (TPSA) is 82.7 Å². The first-order valence-corrected chi connectivity index (χ1v) is 8.42. The van der Waals surface area contributed by atoms with Crippen molar-refractivity contribution >= 4 is 28.2 Å². The minimum Gasteiger partial charge on any atom is -0.396 e. The van der Waals surface area contributed by atoms with Gasteiger partial charge in [-0.25, -0.2) is 4.98 Å². The highest BCUT2D eigenvalue weighted by molar-refractivity contribution is 7.18. The molecule has 6 nitrogen and oxygen atoms in total. The molecule has 7 heteroatoms. The van der Waals surface area contributed by atoms with Gasteiger partial charge in [0.05, 0.1) is 0 Å². The van der Waals surface area contributed by atoms with Crippen molar-refractivity contribution < 1.29 is 9.90 Å². The Labute approximate surface area is 128 Å². The third-order valence-electron chi connectivity index (χ3n) is 4.37. The summed E-state index contributed by atoms with van der Waals surface area (Å²) in [6.45, 7) is 3.61. The molecule has 2 saturated heterocycles. The number of amides is 1. The van der Waals surface area contributed by atoms with Crippen molar-refractivity contribution in [1.82, 2.24) is 9.88 Å². The molecule has 2 fully saturated rings.